The van der Waals surface area contributed by atoms with Crippen molar-refractivity contribution in [2.75, 3.05) is 7.11 Å². The Bertz CT molecular complexity index is 772. The van der Waals surface area contributed by atoms with Gasteiger partial charge in [-0.2, -0.15) is 0 Å². The molecule has 0 atom stereocenters. The average Bonchev–Trinajstić information content (AvgIpc) is 2.87. The van der Waals surface area contributed by atoms with Crippen molar-refractivity contribution in [1.29, 1.82) is 0 Å². The molecule has 0 aliphatic carbocycles. The van der Waals surface area contributed by atoms with Crippen molar-refractivity contribution in [2.45, 2.75) is 6.92 Å². The number of para-hydroxylation sites is 1. The summed E-state index contributed by atoms with van der Waals surface area (Å²) in [6.45, 7) is 2.04. The molecular formula is C17H15NO2. The predicted molar refractivity (Wildman–Crippen MR) is 80.7 cm³/mol. The Labute approximate surface area is 117 Å². The number of nitrogens with zero attached hydrogens (tertiary/aromatic N) is 1. The number of hydrogen-bond donors (Lipinski definition) is 0. The number of aryl methyl sites for hydroxylation is 1. The fraction of sp³-hybridized carbons (Fsp3) is 0.118. The van der Waals surface area contributed by atoms with E-state index in [1.807, 2.05) is 61.5 Å². The van der Waals surface area contributed by atoms with E-state index in [1.165, 1.54) is 5.56 Å². The topological polar surface area (TPSA) is 35.3 Å². The molecule has 0 amide bonds. The van der Waals surface area contributed by atoms with Crippen LogP contribution in [0.1, 0.15) is 17.0 Å². The lowest BCUT2D eigenvalue weighted by Gasteiger charge is -2.02. The third kappa shape index (κ3) is 2.43. The molecule has 2 aromatic carbocycles. The van der Waals surface area contributed by atoms with Gasteiger partial charge in [0.2, 0.25) is 5.89 Å². The first kappa shape index (κ1) is 12.5. The summed E-state index contributed by atoms with van der Waals surface area (Å²) in [4.78, 5) is 4.45. The Hall–Kier alpha value is -2.55. The number of aromatic nitrogens is 1. The lowest BCUT2D eigenvalue weighted by atomic mass is 10.2. The smallest absolute Gasteiger partial charge is 0.220 e. The average molecular weight is 265 g/mol. The zero-order valence-electron chi connectivity index (χ0n) is 11.5. The first-order valence-electron chi connectivity index (χ1n) is 6.44. The molecule has 0 spiro atoms. The van der Waals surface area contributed by atoms with Crippen LogP contribution in [0.2, 0.25) is 0 Å². The molecular weight excluding hydrogens is 250 g/mol. The van der Waals surface area contributed by atoms with Crippen LogP contribution in [-0.4, -0.2) is 12.1 Å². The molecule has 0 aliphatic heterocycles. The van der Waals surface area contributed by atoms with Crippen LogP contribution in [0.5, 0.6) is 5.75 Å². The number of rotatable bonds is 3. The number of hydrogen-bond acceptors (Lipinski definition) is 3. The van der Waals surface area contributed by atoms with E-state index in [1.54, 1.807) is 7.11 Å². The van der Waals surface area contributed by atoms with Gasteiger partial charge in [-0.05, 0) is 36.8 Å². The van der Waals surface area contributed by atoms with Gasteiger partial charge in [0.1, 0.15) is 11.3 Å². The third-order valence-corrected chi connectivity index (χ3v) is 3.10. The molecule has 3 nitrogen and oxygen atoms in total. The molecule has 3 heteroatoms. The van der Waals surface area contributed by atoms with Crippen molar-refractivity contribution in [3.63, 3.8) is 0 Å². The highest BCUT2D eigenvalue weighted by Gasteiger charge is 2.03. The van der Waals surface area contributed by atoms with Gasteiger partial charge in [0, 0.05) is 11.6 Å². The summed E-state index contributed by atoms with van der Waals surface area (Å²) in [6, 6.07) is 13.8. The van der Waals surface area contributed by atoms with Crippen LogP contribution in [0.25, 0.3) is 23.3 Å². The van der Waals surface area contributed by atoms with Crippen LogP contribution < -0.4 is 4.74 Å². The number of benzene rings is 2. The molecule has 0 saturated heterocycles. The molecule has 0 bridgehead atoms. The summed E-state index contributed by atoms with van der Waals surface area (Å²) >= 11 is 0. The molecule has 3 aromatic rings. The highest BCUT2D eigenvalue weighted by atomic mass is 16.5. The molecule has 1 aromatic heterocycles. The fourth-order valence-electron chi connectivity index (χ4n) is 2.09. The van der Waals surface area contributed by atoms with Gasteiger partial charge in [0.25, 0.3) is 0 Å². The maximum Gasteiger partial charge on any atom is 0.220 e. The minimum atomic E-state index is 0.594. The maximum absolute atomic E-state index is 5.68. The SMILES string of the molecule is COc1ccccc1/C=C/c1nc2cc(C)ccc2o1. The molecule has 0 unspecified atom stereocenters. The molecule has 20 heavy (non-hydrogen) atoms. The highest BCUT2D eigenvalue weighted by Crippen LogP contribution is 2.22. The molecule has 0 fully saturated rings. The second-order valence-corrected chi connectivity index (χ2v) is 4.60. The fourth-order valence-corrected chi connectivity index (χ4v) is 2.09. The van der Waals surface area contributed by atoms with E-state index in [2.05, 4.69) is 4.98 Å². The quantitative estimate of drug-likeness (QED) is 0.707. The number of fused-ring (bicyclic) bond motifs is 1. The zero-order valence-corrected chi connectivity index (χ0v) is 11.5. The molecule has 0 radical (unpaired) electrons. The normalized spacial score (nSPS) is 11.3. The Kier molecular flexibility index (Phi) is 3.25. The zero-order chi connectivity index (χ0) is 13.9. The van der Waals surface area contributed by atoms with E-state index in [4.69, 9.17) is 9.15 Å². The first-order valence-corrected chi connectivity index (χ1v) is 6.44. The van der Waals surface area contributed by atoms with Crippen molar-refractivity contribution in [1.82, 2.24) is 4.98 Å². The molecule has 3 rings (SSSR count). The summed E-state index contributed by atoms with van der Waals surface area (Å²) < 4.78 is 11.0. The lowest BCUT2D eigenvalue weighted by molar-refractivity contribution is 0.414. The molecule has 1 heterocycles. The van der Waals surface area contributed by atoms with Crippen LogP contribution in [-0.2, 0) is 0 Å². The van der Waals surface area contributed by atoms with E-state index in [9.17, 15) is 0 Å². The van der Waals surface area contributed by atoms with Crippen LogP contribution in [0.15, 0.2) is 46.9 Å². The van der Waals surface area contributed by atoms with Gasteiger partial charge < -0.3 is 9.15 Å². The van der Waals surface area contributed by atoms with E-state index in [0.717, 1.165) is 22.4 Å². The Balaban J connectivity index is 1.94. The number of ether oxygens (including phenoxy) is 1. The van der Waals surface area contributed by atoms with Crippen LogP contribution in [0, 0.1) is 6.92 Å². The van der Waals surface area contributed by atoms with Crippen LogP contribution in [0.4, 0.5) is 0 Å². The molecule has 100 valence electrons. The Morgan fingerprint density at radius 2 is 1.95 bits per heavy atom. The summed E-state index contributed by atoms with van der Waals surface area (Å²) in [5, 5.41) is 0. The lowest BCUT2D eigenvalue weighted by Crippen LogP contribution is -1.85. The predicted octanol–water partition coefficient (Wildman–Crippen LogP) is 4.32. The molecule has 0 aliphatic rings. The first-order chi connectivity index (χ1) is 9.76. The molecule has 0 N–H and O–H groups in total. The van der Waals surface area contributed by atoms with Crippen LogP contribution in [0.3, 0.4) is 0 Å². The standard InChI is InChI=1S/C17H15NO2/c1-12-7-9-16-14(11-12)18-17(20-16)10-8-13-5-3-4-6-15(13)19-2/h3-11H,1-2H3/b10-8+. The summed E-state index contributed by atoms with van der Waals surface area (Å²) in [5.74, 6) is 1.42. The Morgan fingerprint density at radius 3 is 2.80 bits per heavy atom. The number of oxazole rings is 1. The minimum absolute atomic E-state index is 0.594. The number of methoxy groups -OCH3 is 1. The third-order valence-electron chi connectivity index (χ3n) is 3.10. The van der Waals surface area contributed by atoms with E-state index < -0.39 is 0 Å². The largest absolute Gasteiger partial charge is 0.496 e. The summed E-state index contributed by atoms with van der Waals surface area (Å²) in [7, 11) is 1.66. The van der Waals surface area contributed by atoms with Crippen molar-refractivity contribution < 1.29 is 9.15 Å². The van der Waals surface area contributed by atoms with Gasteiger partial charge in [-0.25, -0.2) is 4.98 Å². The van der Waals surface area contributed by atoms with E-state index >= 15 is 0 Å². The monoisotopic (exact) mass is 265 g/mol. The van der Waals surface area contributed by atoms with Crippen molar-refractivity contribution in [2.24, 2.45) is 0 Å². The van der Waals surface area contributed by atoms with Gasteiger partial charge in [0.15, 0.2) is 5.58 Å². The second kappa shape index (κ2) is 5.21. The van der Waals surface area contributed by atoms with E-state index in [-0.39, 0.29) is 0 Å². The van der Waals surface area contributed by atoms with Gasteiger partial charge in [-0.1, -0.05) is 24.3 Å². The van der Waals surface area contributed by atoms with Gasteiger partial charge in [0.05, 0.1) is 7.11 Å². The molecule has 0 saturated carbocycles. The van der Waals surface area contributed by atoms with Gasteiger partial charge in [-0.3, -0.25) is 0 Å². The Morgan fingerprint density at radius 1 is 1.10 bits per heavy atom. The highest BCUT2D eigenvalue weighted by molar-refractivity contribution is 5.77. The van der Waals surface area contributed by atoms with Crippen molar-refractivity contribution >= 4 is 23.3 Å². The minimum Gasteiger partial charge on any atom is -0.496 e. The summed E-state index contributed by atoms with van der Waals surface area (Å²) in [6.07, 6.45) is 3.80. The van der Waals surface area contributed by atoms with Gasteiger partial charge in [-0.15, -0.1) is 0 Å². The summed E-state index contributed by atoms with van der Waals surface area (Å²) in [5.41, 5.74) is 3.85. The van der Waals surface area contributed by atoms with E-state index in [0.29, 0.717) is 5.89 Å². The van der Waals surface area contributed by atoms with Crippen LogP contribution >= 0.6 is 0 Å². The van der Waals surface area contributed by atoms with Crippen molar-refractivity contribution in [3.05, 3.63) is 59.5 Å². The van der Waals surface area contributed by atoms with Crippen molar-refractivity contribution in [3.8, 4) is 5.75 Å². The van der Waals surface area contributed by atoms with Gasteiger partial charge >= 0.3 is 0 Å². The maximum atomic E-state index is 5.68. The second-order valence-electron chi connectivity index (χ2n) is 4.60.